The zero-order valence-corrected chi connectivity index (χ0v) is 13.2. The lowest BCUT2D eigenvalue weighted by Gasteiger charge is -2.15. The Morgan fingerprint density at radius 2 is 1.90 bits per heavy atom. The largest absolute Gasteiger partial charge is 0.367 e. The number of nitrogens with one attached hydrogen (secondary N) is 2. The molecule has 1 atom stereocenters. The predicted molar refractivity (Wildman–Crippen MR) is 91.4 cm³/mol. The molecule has 2 aromatic rings. The summed E-state index contributed by atoms with van der Waals surface area (Å²) in [5, 5.41) is 3.40. The van der Waals surface area contributed by atoms with Gasteiger partial charge >= 0.3 is 0 Å². The van der Waals surface area contributed by atoms with E-state index in [0.29, 0.717) is 17.7 Å². The molecular weight excluding hydrogens is 282 g/mol. The maximum atomic E-state index is 5.51. The molecule has 0 spiro atoms. The third kappa shape index (κ3) is 4.61. The van der Waals surface area contributed by atoms with Gasteiger partial charge in [0, 0.05) is 17.7 Å². The average molecular weight is 303 g/mol. The Morgan fingerprint density at radius 1 is 1.19 bits per heavy atom. The number of nitrogens with zero attached hydrogens (tertiary/aromatic N) is 2. The summed E-state index contributed by atoms with van der Waals surface area (Å²) in [6.07, 6.45) is 3.19. The lowest BCUT2D eigenvalue weighted by atomic mass is 10.2. The molecule has 112 valence electrons. The molecule has 2 rings (SSSR count). The molecule has 6 heteroatoms. The van der Waals surface area contributed by atoms with Crippen LogP contribution in [-0.4, -0.2) is 28.0 Å². The van der Waals surface area contributed by atoms with Crippen LogP contribution in [0.4, 0.5) is 11.6 Å². The molecule has 0 amide bonds. The summed E-state index contributed by atoms with van der Waals surface area (Å²) in [6.45, 7) is 2.15. The Kier molecular flexibility index (Phi) is 5.83. The van der Waals surface area contributed by atoms with Crippen molar-refractivity contribution < 1.29 is 0 Å². The van der Waals surface area contributed by atoms with Crippen LogP contribution in [0.3, 0.4) is 0 Å². The molecule has 5 nitrogen and oxygen atoms in total. The van der Waals surface area contributed by atoms with Gasteiger partial charge in [0.2, 0.25) is 0 Å². The highest BCUT2D eigenvalue weighted by Gasteiger charge is 2.08. The van der Waals surface area contributed by atoms with Crippen molar-refractivity contribution in [2.24, 2.45) is 5.84 Å². The second-order valence-electron chi connectivity index (χ2n) is 4.80. The number of aromatic nitrogens is 2. The van der Waals surface area contributed by atoms with Crippen LogP contribution in [0.25, 0.3) is 11.4 Å². The van der Waals surface area contributed by atoms with Gasteiger partial charge in [0.1, 0.15) is 11.6 Å². The number of thioether (sulfide) groups is 1. The molecule has 0 radical (unpaired) electrons. The number of nitrogen functional groups attached to an aromatic ring is 1. The average Bonchev–Trinajstić information content (AvgIpc) is 2.53. The van der Waals surface area contributed by atoms with Gasteiger partial charge in [-0.1, -0.05) is 30.3 Å². The first-order valence-electron chi connectivity index (χ1n) is 6.89. The fourth-order valence-electron chi connectivity index (χ4n) is 1.93. The highest BCUT2D eigenvalue weighted by molar-refractivity contribution is 7.98. The molecule has 0 bridgehead atoms. The molecular formula is C15H21N5S. The second kappa shape index (κ2) is 7.85. The van der Waals surface area contributed by atoms with Crippen LogP contribution in [-0.2, 0) is 0 Å². The van der Waals surface area contributed by atoms with Crippen molar-refractivity contribution >= 4 is 23.4 Å². The zero-order chi connectivity index (χ0) is 15.1. The molecule has 0 saturated carbocycles. The lowest BCUT2D eigenvalue weighted by Crippen LogP contribution is -2.18. The van der Waals surface area contributed by atoms with Gasteiger partial charge in [-0.3, -0.25) is 0 Å². The standard InChI is InChI=1S/C15H21N5S/c1-11(8-9-21-2)17-13-10-14(20-16)19-15(18-13)12-6-4-3-5-7-12/h3-7,10-11H,8-9,16H2,1-2H3,(H2,17,18,19,20). The molecule has 0 aliphatic carbocycles. The fraction of sp³-hybridized carbons (Fsp3) is 0.333. The molecule has 0 fully saturated rings. The fourth-order valence-corrected chi connectivity index (χ4v) is 2.52. The first kappa shape index (κ1) is 15.6. The SMILES string of the molecule is CSCCC(C)Nc1cc(NN)nc(-c2ccccc2)n1. The number of hydrazine groups is 1. The minimum Gasteiger partial charge on any atom is -0.367 e. The van der Waals surface area contributed by atoms with E-state index >= 15 is 0 Å². The maximum Gasteiger partial charge on any atom is 0.163 e. The Hall–Kier alpha value is -1.79. The Labute approximate surface area is 129 Å². The first-order chi connectivity index (χ1) is 10.2. The normalized spacial score (nSPS) is 12.0. The summed E-state index contributed by atoms with van der Waals surface area (Å²) in [6, 6.07) is 12.0. The van der Waals surface area contributed by atoms with Gasteiger partial charge in [-0.15, -0.1) is 0 Å². The molecule has 1 aromatic heterocycles. The second-order valence-corrected chi connectivity index (χ2v) is 5.78. The summed E-state index contributed by atoms with van der Waals surface area (Å²) in [5.74, 6) is 8.66. The number of hydrogen-bond acceptors (Lipinski definition) is 6. The van der Waals surface area contributed by atoms with E-state index in [1.54, 1.807) is 0 Å². The van der Waals surface area contributed by atoms with Gasteiger partial charge < -0.3 is 10.7 Å². The third-order valence-electron chi connectivity index (χ3n) is 3.06. The van der Waals surface area contributed by atoms with E-state index in [2.05, 4.69) is 33.9 Å². The minimum atomic E-state index is 0.349. The van der Waals surface area contributed by atoms with Crippen molar-refractivity contribution in [2.45, 2.75) is 19.4 Å². The monoisotopic (exact) mass is 303 g/mol. The van der Waals surface area contributed by atoms with E-state index in [1.807, 2.05) is 48.2 Å². The number of nitrogens with two attached hydrogens (primary N) is 1. The Morgan fingerprint density at radius 3 is 2.57 bits per heavy atom. The molecule has 1 aromatic carbocycles. The molecule has 1 heterocycles. The predicted octanol–water partition coefficient (Wildman–Crippen LogP) is 2.98. The van der Waals surface area contributed by atoms with Crippen LogP contribution in [0.5, 0.6) is 0 Å². The molecule has 0 saturated heterocycles. The first-order valence-corrected chi connectivity index (χ1v) is 8.29. The number of benzene rings is 1. The van der Waals surface area contributed by atoms with E-state index in [1.165, 1.54) is 0 Å². The zero-order valence-electron chi connectivity index (χ0n) is 12.3. The summed E-state index contributed by atoms with van der Waals surface area (Å²) in [5.41, 5.74) is 3.57. The van der Waals surface area contributed by atoms with Gasteiger partial charge in [0.05, 0.1) is 0 Å². The molecule has 0 aliphatic rings. The van der Waals surface area contributed by atoms with Gasteiger partial charge in [0.25, 0.3) is 0 Å². The van der Waals surface area contributed by atoms with E-state index < -0.39 is 0 Å². The minimum absolute atomic E-state index is 0.349. The van der Waals surface area contributed by atoms with E-state index in [9.17, 15) is 0 Å². The number of anilines is 2. The van der Waals surface area contributed by atoms with Crippen LogP contribution in [0, 0.1) is 0 Å². The molecule has 1 unspecified atom stereocenters. The summed E-state index contributed by atoms with van der Waals surface area (Å²) < 4.78 is 0. The van der Waals surface area contributed by atoms with Gasteiger partial charge in [-0.05, 0) is 25.4 Å². The highest BCUT2D eigenvalue weighted by Crippen LogP contribution is 2.20. The number of rotatable bonds is 7. The quantitative estimate of drug-likeness (QED) is 0.539. The summed E-state index contributed by atoms with van der Waals surface area (Å²) >= 11 is 1.84. The van der Waals surface area contributed by atoms with Crippen LogP contribution in [0.2, 0.25) is 0 Å². The Bertz CT molecular complexity index is 561. The van der Waals surface area contributed by atoms with E-state index in [0.717, 1.165) is 23.6 Å². The smallest absolute Gasteiger partial charge is 0.163 e. The lowest BCUT2D eigenvalue weighted by molar-refractivity contribution is 0.766. The molecule has 0 aliphatic heterocycles. The summed E-state index contributed by atoms with van der Waals surface area (Å²) in [4.78, 5) is 8.98. The number of hydrogen-bond donors (Lipinski definition) is 3. The van der Waals surface area contributed by atoms with Crippen LogP contribution < -0.4 is 16.6 Å². The van der Waals surface area contributed by atoms with Gasteiger partial charge in [-0.2, -0.15) is 11.8 Å². The van der Waals surface area contributed by atoms with E-state index in [-0.39, 0.29) is 0 Å². The topological polar surface area (TPSA) is 75.9 Å². The van der Waals surface area contributed by atoms with Gasteiger partial charge in [-0.25, -0.2) is 15.8 Å². The highest BCUT2D eigenvalue weighted by atomic mass is 32.2. The third-order valence-corrected chi connectivity index (χ3v) is 3.70. The van der Waals surface area contributed by atoms with Crippen molar-refractivity contribution in [2.75, 3.05) is 22.8 Å². The maximum absolute atomic E-state index is 5.51. The van der Waals surface area contributed by atoms with Crippen molar-refractivity contribution in [3.8, 4) is 11.4 Å². The van der Waals surface area contributed by atoms with Crippen molar-refractivity contribution in [3.63, 3.8) is 0 Å². The van der Waals surface area contributed by atoms with Crippen molar-refractivity contribution in [3.05, 3.63) is 36.4 Å². The molecule has 21 heavy (non-hydrogen) atoms. The summed E-state index contributed by atoms with van der Waals surface area (Å²) in [7, 11) is 0. The van der Waals surface area contributed by atoms with Crippen LogP contribution in [0.15, 0.2) is 36.4 Å². The van der Waals surface area contributed by atoms with Crippen LogP contribution >= 0.6 is 11.8 Å². The van der Waals surface area contributed by atoms with Crippen molar-refractivity contribution in [1.29, 1.82) is 0 Å². The Balaban J connectivity index is 2.22. The van der Waals surface area contributed by atoms with Crippen molar-refractivity contribution in [1.82, 2.24) is 9.97 Å². The van der Waals surface area contributed by atoms with Gasteiger partial charge in [0.15, 0.2) is 5.82 Å². The molecule has 4 N–H and O–H groups in total. The van der Waals surface area contributed by atoms with Crippen LogP contribution in [0.1, 0.15) is 13.3 Å². The van der Waals surface area contributed by atoms with E-state index in [4.69, 9.17) is 5.84 Å².